The van der Waals surface area contributed by atoms with Crippen LogP contribution in [0, 0.1) is 0 Å². The molecule has 0 saturated carbocycles. The summed E-state index contributed by atoms with van der Waals surface area (Å²) in [6.45, 7) is 0. The number of hydrogen-bond donors (Lipinski definition) is 0. The number of ketones is 1. The molecule has 0 amide bonds. The van der Waals surface area contributed by atoms with Gasteiger partial charge in [-0.15, -0.1) is 0 Å². The summed E-state index contributed by atoms with van der Waals surface area (Å²) in [6.07, 6.45) is 0.0270. The van der Waals surface area contributed by atoms with Crippen molar-refractivity contribution in [3.8, 4) is 17.2 Å². The molecule has 3 rings (SSSR count). The zero-order valence-corrected chi connectivity index (χ0v) is 12.0. The molecule has 0 aliphatic carbocycles. The van der Waals surface area contributed by atoms with Gasteiger partial charge in [-0.2, -0.15) is 0 Å². The first kappa shape index (κ1) is 13.5. The zero-order chi connectivity index (χ0) is 14.8. The summed E-state index contributed by atoms with van der Waals surface area (Å²) in [5.41, 5.74) is 1.52. The first-order valence-corrected chi connectivity index (χ1v) is 6.74. The quantitative estimate of drug-likeness (QED) is 0.866. The van der Waals surface area contributed by atoms with E-state index in [1.165, 1.54) is 7.11 Å². The van der Waals surface area contributed by atoms with E-state index in [1.54, 1.807) is 19.2 Å². The third-order valence-corrected chi connectivity index (χ3v) is 3.60. The molecule has 4 nitrogen and oxygen atoms in total. The highest BCUT2D eigenvalue weighted by molar-refractivity contribution is 6.01. The Labute approximate surface area is 123 Å². The number of carbonyl (C=O) groups excluding carboxylic acids is 1. The molecule has 2 aromatic rings. The summed E-state index contributed by atoms with van der Waals surface area (Å²) in [4.78, 5) is 12.4. The maximum Gasteiger partial charge on any atom is 0.204 e. The Morgan fingerprint density at radius 3 is 2.48 bits per heavy atom. The molecule has 21 heavy (non-hydrogen) atoms. The van der Waals surface area contributed by atoms with Gasteiger partial charge in [0.15, 0.2) is 17.3 Å². The fraction of sp³-hybridized carbons (Fsp3) is 0.235. The van der Waals surface area contributed by atoms with Crippen molar-refractivity contribution in [2.45, 2.75) is 12.5 Å². The molecule has 0 fully saturated rings. The molecule has 4 heteroatoms. The van der Waals surface area contributed by atoms with E-state index in [0.29, 0.717) is 29.2 Å². The third-order valence-electron chi connectivity index (χ3n) is 3.60. The first-order valence-electron chi connectivity index (χ1n) is 6.74. The number of benzene rings is 2. The van der Waals surface area contributed by atoms with E-state index in [1.807, 2.05) is 30.3 Å². The lowest BCUT2D eigenvalue weighted by molar-refractivity contribution is 0.0841. The van der Waals surface area contributed by atoms with Gasteiger partial charge in [-0.05, 0) is 17.7 Å². The summed E-state index contributed by atoms with van der Waals surface area (Å²) in [6, 6.07) is 13.2. The van der Waals surface area contributed by atoms with E-state index >= 15 is 0 Å². The number of ether oxygens (including phenoxy) is 3. The van der Waals surface area contributed by atoms with E-state index in [0.717, 1.165) is 5.56 Å². The monoisotopic (exact) mass is 284 g/mol. The van der Waals surface area contributed by atoms with E-state index < -0.39 is 0 Å². The number of hydrogen-bond acceptors (Lipinski definition) is 4. The average molecular weight is 284 g/mol. The minimum Gasteiger partial charge on any atom is -0.493 e. The average Bonchev–Trinajstić information content (AvgIpc) is 2.54. The van der Waals surface area contributed by atoms with Gasteiger partial charge in [-0.25, -0.2) is 0 Å². The van der Waals surface area contributed by atoms with Crippen molar-refractivity contribution in [1.82, 2.24) is 0 Å². The van der Waals surface area contributed by atoms with Crippen LogP contribution in [0.5, 0.6) is 17.2 Å². The van der Waals surface area contributed by atoms with Crippen molar-refractivity contribution in [2.24, 2.45) is 0 Å². The standard InChI is InChI=1S/C17H16O4/c1-19-14-9-8-12-13(18)10-15(11-6-4-3-5-7-11)21-16(12)17(14)20-2/h3-9,15H,10H2,1-2H3/t15-/m1/s1. The maximum atomic E-state index is 12.4. The highest BCUT2D eigenvalue weighted by Crippen LogP contribution is 2.45. The van der Waals surface area contributed by atoms with Crippen molar-refractivity contribution in [2.75, 3.05) is 14.2 Å². The van der Waals surface area contributed by atoms with Crippen molar-refractivity contribution in [3.05, 3.63) is 53.6 Å². The van der Waals surface area contributed by atoms with Gasteiger partial charge < -0.3 is 14.2 Å². The van der Waals surface area contributed by atoms with Gasteiger partial charge in [-0.1, -0.05) is 30.3 Å². The topological polar surface area (TPSA) is 44.8 Å². The first-order chi connectivity index (χ1) is 10.2. The Morgan fingerprint density at radius 2 is 1.81 bits per heavy atom. The maximum absolute atomic E-state index is 12.4. The molecule has 0 N–H and O–H groups in total. The lowest BCUT2D eigenvalue weighted by Crippen LogP contribution is -2.21. The molecule has 0 spiro atoms. The van der Waals surface area contributed by atoms with Crippen LogP contribution in [0.25, 0.3) is 0 Å². The number of methoxy groups -OCH3 is 2. The van der Waals surface area contributed by atoms with Gasteiger partial charge in [0.2, 0.25) is 5.75 Å². The van der Waals surface area contributed by atoms with Crippen LogP contribution >= 0.6 is 0 Å². The van der Waals surface area contributed by atoms with Gasteiger partial charge in [0.1, 0.15) is 6.10 Å². The van der Waals surface area contributed by atoms with Crippen LogP contribution < -0.4 is 14.2 Å². The van der Waals surface area contributed by atoms with E-state index in [9.17, 15) is 4.79 Å². The number of Topliss-reactive ketones (excluding diaryl/α,β-unsaturated/α-hetero) is 1. The Balaban J connectivity index is 2.06. The summed E-state index contributed by atoms with van der Waals surface area (Å²) < 4.78 is 16.7. The molecule has 0 aromatic heterocycles. The highest BCUT2D eigenvalue weighted by atomic mass is 16.5. The Kier molecular flexibility index (Phi) is 3.52. The van der Waals surface area contributed by atoms with E-state index in [-0.39, 0.29) is 11.9 Å². The Hall–Kier alpha value is -2.49. The van der Waals surface area contributed by atoms with Crippen LogP contribution in [0.4, 0.5) is 0 Å². The van der Waals surface area contributed by atoms with Crippen LogP contribution in [0.2, 0.25) is 0 Å². The van der Waals surface area contributed by atoms with Gasteiger partial charge in [-0.3, -0.25) is 4.79 Å². The van der Waals surface area contributed by atoms with Crippen molar-refractivity contribution >= 4 is 5.78 Å². The predicted octanol–water partition coefficient (Wildman–Crippen LogP) is 3.41. The van der Waals surface area contributed by atoms with Crippen molar-refractivity contribution < 1.29 is 19.0 Å². The highest BCUT2D eigenvalue weighted by Gasteiger charge is 2.31. The molecule has 0 radical (unpaired) electrons. The molecule has 1 aliphatic rings. The molecule has 0 unspecified atom stereocenters. The smallest absolute Gasteiger partial charge is 0.204 e. The van der Waals surface area contributed by atoms with Crippen LogP contribution in [0.1, 0.15) is 28.4 Å². The number of fused-ring (bicyclic) bond motifs is 1. The van der Waals surface area contributed by atoms with Gasteiger partial charge in [0.25, 0.3) is 0 Å². The van der Waals surface area contributed by atoms with E-state index in [2.05, 4.69) is 0 Å². The molecule has 0 bridgehead atoms. The normalized spacial score (nSPS) is 16.9. The molecular weight excluding hydrogens is 268 g/mol. The summed E-state index contributed by atoms with van der Waals surface area (Å²) in [5, 5.41) is 0. The molecular formula is C17H16O4. The van der Waals surface area contributed by atoms with Crippen molar-refractivity contribution in [1.29, 1.82) is 0 Å². The van der Waals surface area contributed by atoms with Crippen LogP contribution in [0.3, 0.4) is 0 Å². The Bertz CT molecular complexity index is 664. The minimum atomic E-state index is -0.299. The van der Waals surface area contributed by atoms with Gasteiger partial charge in [0.05, 0.1) is 26.2 Å². The summed E-state index contributed by atoms with van der Waals surface area (Å²) in [7, 11) is 3.10. The van der Waals surface area contributed by atoms with Crippen molar-refractivity contribution in [3.63, 3.8) is 0 Å². The fourth-order valence-electron chi connectivity index (χ4n) is 2.55. The molecule has 108 valence electrons. The van der Waals surface area contributed by atoms with Crippen LogP contribution in [-0.4, -0.2) is 20.0 Å². The predicted molar refractivity (Wildman–Crippen MR) is 78.3 cm³/mol. The molecule has 1 aliphatic heterocycles. The largest absolute Gasteiger partial charge is 0.493 e. The molecule has 2 aromatic carbocycles. The lowest BCUT2D eigenvalue weighted by Gasteiger charge is -2.27. The number of carbonyl (C=O) groups is 1. The van der Waals surface area contributed by atoms with Gasteiger partial charge in [0, 0.05) is 0 Å². The minimum absolute atomic E-state index is 0.0473. The SMILES string of the molecule is COc1ccc2c(c1OC)O[C@@H](c1ccccc1)CC2=O. The zero-order valence-electron chi connectivity index (χ0n) is 12.0. The second kappa shape index (κ2) is 5.48. The lowest BCUT2D eigenvalue weighted by atomic mass is 9.96. The fourth-order valence-corrected chi connectivity index (χ4v) is 2.55. The van der Waals surface area contributed by atoms with Crippen LogP contribution in [0.15, 0.2) is 42.5 Å². The summed E-state index contributed by atoms with van der Waals surface area (Å²) >= 11 is 0. The number of rotatable bonds is 3. The van der Waals surface area contributed by atoms with Gasteiger partial charge >= 0.3 is 0 Å². The summed E-state index contributed by atoms with van der Waals surface area (Å²) in [5.74, 6) is 1.52. The van der Waals surface area contributed by atoms with Crippen LogP contribution in [-0.2, 0) is 0 Å². The second-order valence-corrected chi connectivity index (χ2v) is 4.82. The Morgan fingerprint density at radius 1 is 1.05 bits per heavy atom. The molecule has 1 atom stereocenters. The third kappa shape index (κ3) is 2.33. The molecule has 1 heterocycles. The van der Waals surface area contributed by atoms with E-state index in [4.69, 9.17) is 14.2 Å². The second-order valence-electron chi connectivity index (χ2n) is 4.82. The molecule has 0 saturated heterocycles.